The van der Waals surface area contributed by atoms with Crippen LogP contribution in [0.3, 0.4) is 0 Å². The minimum Gasteiger partial charge on any atom is -1.00 e. The van der Waals surface area contributed by atoms with Gasteiger partial charge >= 0.3 is 0 Å². The van der Waals surface area contributed by atoms with E-state index in [1.165, 1.54) is 49.9 Å². The number of halogens is 1. The zero-order valence-electron chi connectivity index (χ0n) is 16.6. The lowest BCUT2D eigenvalue weighted by Crippen LogP contribution is -3.00. The van der Waals surface area contributed by atoms with Gasteiger partial charge in [0.05, 0.1) is 20.1 Å². The smallest absolute Gasteiger partial charge is 0.137 e. The van der Waals surface area contributed by atoms with Crippen LogP contribution in [0.1, 0.15) is 57.6 Å². The van der Waals surface area contributed by atoms with Crippen LogP contribution >= 0.6 is 0 Å². The fourth-order valence-electron chi connectivity index (χ4n) is 3.74. The van der Waals surface area contributed by atoms with Gasteiger partial charge in [-0.05, 0) is 49.7 Å². The number of rotatable bonds is 5. The third kappa shape index (κ3) is 7.06. The van der Waals surface area contributed by atoms with Gasteiger partial charge in [-0.1, -0.05) is 38.5 Å². The summed E-state index contributed by atoms with van der Waals surface area (Å²) in [5.41, 5.74) is 2.50. The molecule has 1 aliphatic rings. The number of aliphatic hydroxyl groups is 1. The van der Waals surface area contributed by atoms with Crippen molar-refractivity contribution < 1.29 is 38.3 Å². The number of hydrogen-bond donors (Lipinski definition) is 1. The topological polar surface area (TPSA) is 29.5 Å². The van der Waals surface area contributed by atoms with Gasteiger partial charge in [0.15, 0.2) is 0 Å². The van der Waals surface area contributed by atoms with E-state index in [0.717, 1.165) is 16.8 Å². The summed E-state index contributed by atoms with van der Waals surface area (Å²) in [6.45, 7) is 12.2. The van der Waals surface area contributed by atoms with E-state index in [-0.39, 0.29) is 29.4 Å². The molecular weight excluding hydrogens is 425 g/mol. The lowest BCUT2D eigenvalue weighted by atomic mass is 9.85. The van der Waals surface area contributed by atoms with Crippen molar-refractivity contribution in [3.05, 3.63) is 29.3 Å². The molecule has 144 valence electrons. The van der Waals surface area contributed by atoms with Crippen LogP contribution in [0.2, 0.25) is 0 Å². The molecule has 0 radical (unpaired) electrons. The Morgan fingerprint density at radius 3 is 2.28 bits per heavy atom. The molecule has 1 unspecified atom stereocenters. The zero-order chi connectivity index (χ0) is 17.8. The van der Waals surface area contributed by atoms with Crippen LogP contribution in [0, 0.1) is 6.92 Å². The molecule has 1 aromatic rings. The summed E-state index contributed by atoms with van der Waals surface area (Å²) in [5, 5.41) is 10.5. The van der Waals surface area contributed by atoms with Gasteiger partial charge in [-0.15, -0.1) is 0 Å². The van der Waals surface area contributed by atoms with Crippen molar-refractivity contribution in [2.45, 2.75) is 64.9 Å². The second kappa shape index (κ2) is 9.56. The Kier molecular flexibility index (Phi) is 8.69. The van der Waals surface area contributed by atoms with Crippen LogP contribution in [0.4, 0.5) is 0 Å². The highest BCUT2D eigenvalue weighted by molar-refractivity contribution is 5.41. The molecule has 25 heavy (non-hydrogen) atoms. The molecule has 0 amide bonds. The van der Waals surface area contributed by atoms with E-state index in [4.69, 9.17) is 4.74 Å². The van der Waals surface area contributed by atoms with Crippen LogP contribution in [0.15, 0.2) is 18.2 Å². The normalized spacial score (nSPS) is 18.8. The molecule has 1 aromatic carbocycles. The molecule has 1 fully saturated rings. The van der Waals surface area contributed by atoms with E-state index in [9.17, 15) is 5.11 Å². The van der Waals surface area contributed by atoms with E-state index < -0.39 is 6.10 Å². The highest BCUT2D eigenvalue weighted by Gasteiger charge is 2.27. The first-order chi connectivity index (χ1) is 11.2. The molecule has 1 atom stereocenters. The predicted octanol–water partition coefficient (Wildman–Crippen LogP) is 1.06. The van der Waals surface area contributed by atoms with Crippen molar-refractivity contribution in [2.75, 3.05) is 33.3 Å². The molecule has 1 heterocycles. The van der Waals surface area contributed by atoms with E-state index >= 15 is 0 Å². The van der Waals surface area contributed by atoms with Crippen molar-refractivity contribution in [1.82, 2.24) is 0 Å². The van der Waals surface area contributed by atoms with Crippen LogP contribution < -0.4 is 28.7 Å². The zero-order valence-corrected chi connectivity index (χ0v) is 18.8. The average Bonchev–Trinajstić information content (AvgIpc) is 2.69. The first-order valence-electron chi connectivity index (χ1n) is 9.45. The fraction of sp³-hybridized carbons (Fsp3) is 0.714. The summed E-state index contributed by atoms with van der Waals surface area (Å²) in [6, 6.07) is 6.33. The minimum absolute atomic E-state index is 0. The van der Waals surface area contributed by atoms with Crippen molar-refractivity contribution in [3.8, 4) is 5.75 Å². The van der Waals surface area contributed by atoms with Gasteiger partial charge in [-0.3, -0.25) is 0 Å². The first-order valence-corrected chi connectivity index (χ1v) is 9.45. The third-order valence-corrected chi connectivity index (χ3v) is 5.17. The van der Waals surface area contributed by atoms with E-state index in [2.05, 4.69) is 46.9 Å². The SMILES string of the molecule is Cc1ccc(OCC(O)C[N+]2(C)CCCCCC2)c(C(C)(C)C)c1.[I-]. The van der Waals surface area contributed by atoms with Gasteiger partial charge in [0.25, 0.3) is 0 Å². The molecule has 0 spiro atoms. The van der Waals surface area contributed by atoms with Gasteiger partial charge in [-0.2, -0.15) is 0 Å². The summed E-state index contributed by atoms with van der Waals surface area (Å²) >= 11 is 0. The Morgan fingerprint density at radius 1 is 1.12 bits per heavy atom. The molecule has 3 nitrogen and oxygen atoms in total. The van der Waals surface area contributed by atoms with Gasteiger partial charge in [0.1, 0.15) is 25.0 Å². The number of hydrogen-bond acceptors (Lipinski definition) is 2. The fourth-order valence-corrected chi connectivity index (χ4v) is 3.74. The number of nitrogens with zero attached hydrogens (tertiary/aromatic N) is 1. The number of aryl methyl sites for hydroxylation is 1. The Bertz CT molecular complexity index is 531. The standard InChI is InChI=1S/C21H36NO2.HI/c1-17-10-11-20(19(14-17)21(2,3)4)24-16-18(23)15-22(5)12-8-6-7-9-13-22;/h10-11,14,18,23H,6-9,12-13,15-16H2,1-5H3;1H/q+1;/p-1. The van der Waals surface area contributed by atoms with Crippen molar-refractivity contribution in [1.29, 1.82) is 0 Å². The number of benzene rings is 1. The van der Waals surface area contributed by atoms with E-state index in [1.54, 1.807) is 0 Å². The number of likely N-dealkylation sites (tertiary alicyclic amines) is 1. The van der Waals surface area contributed by atoms with Crippen molar-refractivity contribution in [3.63, 3.8) is 0 Å². The second-order valence-electron chi connectivity index (χ2n) is 8.88. The van der Waals surface area contributed by atoms with Crippen LogP contribution in [-0.2, 0) is 5.41 Å². The monoisotopic (exact) mass is 461 g/mol. The molecule has 2 rings (SSSR count). The molecule has 1 N–H and O–H groups in total. The summed E-state index contributed by atoms with van der Waals surface area (Å²) < 4.78 is 7.01. The average molecular weight is 461 g/mol. The summed E-state index contributed by atoms with van der Waals surface area (Å²) in [5.74, 6) is 0.908. The lowest BCUT2D eigenvalue weighted by Gasteiger charge is -2.35. The third-order valence-electron chi connectivity index (χ3n) is 5.17. The number of quaternary nitrogens is 1. The molecule has 0 aliphatic carbocycles. The van der Waals surface area contributed by atoms with Crippen molar-refractivity contribution in [2.24, 2.45) is 0 Å². The van der Waals surface area contributed by atoms with Gasteiger partial charge in [0, 0.05) is 0 Å². The van der Waals surface area contributed by atoms with Gasteiger partial charge < -0.3 is 38.3 Å². The molecule has 0 saturated carbocycles. The van der Waals surface area contributed by atoms with E-state index in [1.807, 2.05) is 6.07 Å². The maximum absolute atomic E-state index is 10.5. The highest BCUT2D eigenvalue weighted by atomic mass is 127. The summed E-state index contributed by atoms with van der Waals surface area (Å²) in [4.78, 5) is 0. The highest BCUT2D eigenvalue weighted by Crippen LogP contribution is 2.32. The van der Waals surface area contributed by atoms with Gasteiger partial charge in [-0.25, -0.2) is 0 Å². The minimum atomic E-state index is -0.415. The Morgan fingerprint density at radius 2 is 1.72 bits per heavy atom. The predicted molar refractivity (Wildman–Crippen MR) is 101 cm³/mol. The van der Waals surface area contributed by atoms with Crippen molar-refractivity contribution >= 4 is 0 Å². The van der Waals surface area contributed by atoms with E-state index in [0.29, 0.717) is 6.61 Å². The molecule has 0 aromatic heterocycles. The number of likely N-dealkylation sites (N-methyl/N-ethyl adjacent to an activating group) is 1. The van der Waals surface area contributed by atoms with Crippen LogP contribution in [0.5, 0.6) is 5.75 Å². The largest absolute Gasteiger partial charge is 1.00 e. The Labute approximate surface area is 171 Å². The molecule has 1 aliphatic heterocycles. The molecule has 1 saturated heterocycles. The number of ether oxygens (including phenoxy) is 1. The summed E-state index contributed by atoms with van der Waals surface area (Å²) in [6.07, 6.45) is 4.80. The Balaban J connectivity index is 0.00000312. The number of aliphatic hydroxyl groups excluding tert-OH is 1. The summed E-state index contributed by atoms with van der Waals surface area (Å²) in [7, 11) is 2.28. The molecular formula is C21H36INO2. The van der Waals surface area contributed by atoms with Crippen LogP contribution in [-0.4, -0.2) is 49.0 Å². The molecule has 4 heteroatoms. The molecule has 0 bridgehead atoms. The quantitative estimate of drug-likeness (QED) is 0.525. The maximum Gasteiger partial charge on any atom is 0.137 e. The lowest BCUT2D eigenvalue weighted by molar-refractivity contribution is -0.911. The Hall–Kier alpha value is -0.330. The maximum atomic E-state index is 10.5. The first kappa shape index (κ1) is 22.7. The second-order valence-corrected chi connectivity index (χ2v) is 8.88. The van der Waals surface area contributed by atoms with Crippen LogP contribution in [0.25, 0.3) is 0 Å². The van der Waals surface area contributed by atoms with Gasteiger partial charge in [0.2, 0.25) is 0 Å².